The number of imidazole rings is 1. The Balaban J connectivity index is 0.000000963. The first-order chi connectivity index (χ1) is 7.43. The van der Waals surface area contributed by atoms with Gasteiger partial charge in [0.1, 0.15) is 5.69 Å². The molecule has 0 spiro atoms. The molecule has 1 aromatic carbocycles. The van der Waals surface area contributed by atoms with E-state index in [4.69, 9.17) is 0 Å². The van der Waals surface area contributed by atoms with E-state index in [1.165, 1.54) is 0 Å². The molecule has 0 aliphatic carbocycles. The largest absolute Gasteiger partial charge is 2.00 e. The topological polar surface area (TPSA) is 41.6 Å². The summed E-state index contributed by atoms with van der Waals surface area (Å²) >= 11 is 0. The second kappa shape index (κ2) is 4.54. The Labute approximate surface area is 106 Å². The average Bonchev–Trinajstić information content (AvgIpc) is 2.74. The molecule has 4 heteroatoms. The summed E-state index contributed by atoms with van der Waals surface area (Å²) < 4.78 is 0. The number of benzene rings is 1. The van der Waals surface area contributed by atoms with Crippen LogP contribution in [0.3, 0.4) is 0 Å². The van der Waals surface area contributed by atoms with Gasteiger partial charge in [0.2, 0.25) is 0 Å². The van der Waals surface area contributed by atoms with Crippen molar-refractivity contribution in [2.45, 2.75) is 0 Å². The van der Waals surface area contributed by atoms with Gasteiger partial charge < -0.3 is 4.98 Å². The van der Waals surface area contributed by atoms with E-state index in [0.29, 0.717) is 0 Å². The maximum atomic E-state index is 4.46. The van der Waals surface area contributed by atoms with E-state index in [1.807, 2.05) is 42.5 Å². The van der Waals surface area contributed by atoms with Crippen LogP contribution in [0.25, 0.3) is 22.6 Å². The number of aromatic amines is 1. The summed E-state index contributed by atoms with van der Waals surface area (Å²) in [6.45, 7) is 0. The smallest absolute Gasteiger partial charge is 0.337 e. The third-order valence-corrected chi connectivity index (χ3v) is 2.30. The summed E-state index contributed by atoms with van der Waals surface area (Å²) in [5, 5.41) is 0. The summed E-state index contributed by atoms with van der Waals surface area (Å²) in [6, 6.07) is 13.8. The standard InChI is InChI=1S/C12H9N3.Zn/c1-2-6-10-9(5-1)14-12(15-10)11-7-3-4-8-13-11;/h1-8H,(H,14,15);/q;+2. The first kappa shape index (κ1) is 11.0. The molecule has 72 valence electrons. The molecule has 0 unspecified atom stereocenters. The van der Waals surface area contributed by atoms with Crippen molar-refractivity contribution in [1.82, 2.24) is 15.0 Å². The maximum Gasteiger partial charge on any atom is 2.00 e. The first-order valence-electron chi connectivity index (χ1n) is 4.80. The van der Waals surface area contributed by atoms with Crippen molar-refractivity contribution in [1.29, 1.82) is 0 Å². The maximum absolute atomic E-state index is 4.46. The molecule has 2 heterocycles. The van der Waals surface area contributed by atoms with Crippen molar-refractivity contribution in [2.24, 2.45) is 0 Å². The van der Waals surface area contributed by atoms with Crippen LogP contribution in [0.15, 0.2) is 48.7 Å². The van der Waals surface area contributed by atoms with Crippen LogP contribution in [-0.2, 0) is 19.5 Å². The molecule has 0 saturated carbocycles. The van der Waals surface area contributed by atoms with Gasteiger partial charge in [-0.15, -0.1) is 0 Å². The number of para-hydroxylation sites is 2. The van der Waals surface area contributed by atoms with Crippen LogP contribution in [0, 0.1) is 0 Å². The molecule has 3 aromatic rings. The van der Waals surface area contributed by atoms with Crippen molar-refractivity contribution in [2.75, 3.05) is 0 Å². The molecule has 0 atom stereocenters. The second-order valence-corrected chi connectivity index (χ2v) is 3.32. The van der Waals surface area contributed by atoms with E-state index in [2.05, 4.69) is 15.0 Å². The Hall–Kier alpha value is -1.54. The van der Waals surface area contributed by atoms with Crippen molar-refractivity contribution in [3.05, 3.63) is 48.7 Å². The molecule has 0 aliphatic heterocycles. The van der Waals surface area contributed by atoms with Crippen LogP contribution in [0.4, 0.5) is 0 Å². The van der Waals surface area contributed by atoms with Gasteiger partial charge in [0.25, 0.3) is 0 Å². The number of hydrogen-bond donors (Lipinski definition) is 1. The van der Waals surface area contributed by atoms with Crippen molar-refractivity contribution >= 4 is 11.0 Å². The average molecular weight is 261 g/mol. The monoisotopic (exact) mass is 259 g/mol. The van der Waals surface area contributed by atoms with Crippen LogP contribution >= 0.6 is 0 Å². The zero-order valence-corrected chi connectivity index (χ0v) is 11.7. The molecule has 3 rings (SSSR count). The fourth-order valence-corrected chi connectivity index (χ4v) is 1.58. The Morgan fingerprint density at radius 2 is 1.75 bits per heavy atom. The summed E-state index contributed by atoms with van der Waals surface area (Å²) in [5.41, 5.74) is 2.88. The predicted octanol–water partition coefficient (Wildman–Crippen LogP) is 2.62. The van der Waals surface area contributed by atoms with Gasteiger partial charge in [-0.2, -0.15) is 0 Å². The minimum absolute atomic E-state index is 0. The van der Waals surface area contributed by atoms with Crippen molar-refractivity contribution < 1.29 is 19.5 Å². The van der Waals surface area contributed by atoms with Crippen LogP contribution in [0.1, 0.15) is 0 Å². The third kappa shape index (κ3) is 1.89. The van der Waals surface area contributed by atoms with Crippen LogP contribution in [0.5, 0.6) is 0 Å². The summed E-state index contributed by atoms with van der Waals surface area (Å²) in [7, 11) is 0. The molecule has 2 aromatic heterocycles. The number of fused-ring (bicyclic) bond motifs is 1. The number of nitrogens with one attached hydrogen (secondary N) is 1. The number of rotatable bonds is 1. The molecule has 1 N–H and O–H groups in total. The number of pyridine rings is 1. The molecule has 3 nitrogen and oxygen atoms in total. The predicted molar refractivity (Wildman–Crippen MR) is 59.3 cm³/mol. The van der Waals surface area contributed by atoms with Gasteiger partial charge in [0.05, 0.1) is 11.0 Å². The number of hydrogen-bond acceptors (Lipinski definition) is 2. The van der Waals surface area contributed by atoms with E-state index in [0.717, 1.165) is 22.6 Å². The minimum atomic E-state index is 0. The Morgan fingerprint density at radius 3 is 2.50 bits per heavy atom. The van der Waals surface area contributed by atoms with E-state index in [-0.39, 0.29) is 19.5 Å². The van der Waals surface area contributed by atoms with E-state index < -0.39 is 0 Å². The summed E-state index contributed by atoms with van der Waals surface area (Å²) in [5.74, 6) is 0.816. The molecule has 0 amide bonds. The molecule has 0 radical (unpaired) electrons. The van der Waals surface area contributed by atoms with E-state index in [9.17, 15) is 0 Å². The second-order valence-electron chi connectivity index (χ2n) is 3.32. The van der Waals surface area contributed by atoms with Crippen molar-refractivity contribution in [3.63, 3.8) is 0 Å². The molecule has 0 fully saturated rings. The fraction of sp³-hybridized carbons (Fsp3) is 0. The normalized spacial score (nSPS) is 10.0. The molecule has 0 bridgehead atoms. The van der Waals surface area contributed by atoms with Gasteiger partial charge in [-0.25, -0.2) is 4.98 Å². The molecule has 16 heavy (non-hydrogen) atoms. The number of nitrogens with zero attached hydrogens (tertiary/aromatic N) is 2. The Kier molecular flexibility index (Phi) is 3.11. The number of aromatic nitrogens is 3. The van der Waals surface area contributed by atoms with Gasteiger partial charge in [0.15, 0.2) is 5.82 Å². The minimum Gasteiger partial charge on any atom is -0.337 e. The molecular weight excluding hydrogens is 252 g/mol. The van der Waals surface area contributed by atoms with Gasteiger partial charge in [0, 0.05) is 6.20 Å². The quantitative estimate of drug-likeness (QED) is 0.684. The summed E-state index contributed by atoms with van der Waals surface area (Å²) in [4.78, 5) is 12.0. The molecule has 0 aliphatic rings. The van der Waals surface area contributed by atoms with Crippen molar-refractivity contribution in [3.8, 4) is 11.5 Å². The zero-order chi connectivity index (χ0) is 10.1. The van der Waals surface area contributed by atoms with Crippen LogP contribution < -0.4 is 0 Å². The van der Waals surface area contributed by atoms with E-state index in [1.54, 1.807) is 6.20 Å². The third-order valence-electron chi connectivity index (χ3n) is 2.30. The zero-order valence-electron chi connectivity index (χ0n) is 8.72. The molecular formula is C12H9N3Zn+2. The van der Waals surface area contributed by atoms with E-state index >= 15 is 0 Å². The first-order valence-corrected chi connectivity index (χ1v) is 4.80. The van der Waals surface area contributed by atoms with Gasteiger partial charge >= 0.3 is 19.5 Å². The Bertz CT molecular complexity index is 556. The molecule has 0 saturated heterocycles. The van der Waals surface area contributed by atoms with Crippen LogP contribution in [-0.4, -0.2) is 15.0 Å². The SMILES string of the molecule is [Zn+2].c1ccc(-c2nc3ccccc3[nH]2)nc1. The summed E-state index contributed by atoms with van der Waals surface area (Å²) in [6.07, 6.45) is 1.77. The number of H-pyrrole nitrogens is 1. The van der Waals surface area contributed by atoms with Crippen LogP contribution in [0.2, 0.25) is 0 Å². The van der Waals surface area contributed by atoms with Gasteiger partial charge in [-0.05, 0) is 24.3 Å². The van der Waals surface area contributed by atoms with Gasteiger partial charge in [-0.3, -0.25) is 4.98 Å². The van der Waals surface area contributed by atoms with Gasteiger partial charge in [-0.1, -0.05) is 18.2 Å². The fourth-order valence-electron chi connectivity index (χ4n) is 1.58. The Morgan fingerprint density at radius 1 is 0.938 bits per heavy atom.